The quantitative estimate of drug-likeness (QED) is 0.745. The van der Waals surface area contributed by atoms with Crippen molar-refractivity contribution in [2.24, 2.45) is 7.05 Å². The van der Waals surface area contributed by atoms with Crippen LogP contribution in [0.15, 0.2) is 35.7 Å². The van der Waals surface area contributed by atoms with Gasteiger partial charge in [-0.1, -0.05) is 11.8 Å². The average molecular weight is 301 g/mol. The lowest BCUT2D eigenvalue weighted by atomic mass is 10.1. The summed E-state index contributed by atoms with van der Waals surface area (Å²) in [5.41, 5.74) is 7.87. The number of fused-ring (bicyclic) bond motifs is 1. The maximum atomic E-state index is 6.05. The smallest absolute Gasteiger partial charge is 0.191 e. The Hall–Kier alpha value is -2.28. The molecule has 0 aliphatic rings. The lowest BCUT2D eigenvalue weighted by Gasteiger charge is -2.08. The molecule has 2 aromatic heterocycles. The van der Waals surface area contributed by atoms with Gasteiger partial charge in [-0.25, -0.2) is 4.98 Å². The molecule has 3 aromatic rings. The molecule has 0 atom stereocenters. The third-order valence-corrected chi connectivity index (χ3v) is 4.25. The second kappa shape index (κ2) is 5.61. The monoisotopic (exact) mass is 301 g/mol. The van der Waals surface area contributed by atoms with E-state index >= 15 is 0 Å². The van der Waals surface area contributed by atoms with Crippen molar-refractivity contribution in [1.29, 1.82) is 0 Å². The SMILES string of the molecule is COc1ccc2cc(CSc3nncn3C)c(N)nc2c1. The molecule has 108 valence electrons. The molecule has 0 unspecified atom stereocenters. The van der Waals surface area contributed by atoms with Crippen LogP contribution in [0.4, 0.5) is 5.82 Å². The van der Waals surface area contributed by atoms with E-state index < -0.39 is 0 Å². The van der Waals surface area contributed by atoms with Gasteiger partial charge in [-0.15, -0.1) is 10.2 Å². The predicted octanol–water partition coefficient (Wildman–Crippen LogP) is 2.25. The van der Waals surface area contributed by atoms with E-state index in [2.05, 4.69) is 21.2 Å². The Kier molecular flexibility index (Phi) is 3.66. The molecule has 6 nitrogen and oxygen atoms in total. The number of pyridine rings is 1. The fraction of sp³-hybridized carbons (Fsp3) is 0.214. The van der Waals surface area contributed by atoms with Gasteiger partial charge in [0.1, 0.15) is 17.9 Å². The number of nitrogen functional groups attached to an aromatic ring is 1. The highest BCUT2D eigenvalue weighted by Crippen LogP contribution is 2.27. The summed E-state index contributed by atoms with van der Waals surface area (Å²) in [5.74, 6) is 2.01. The summed E-state index contributed by atoms with van der Waals surface area (Å²) in [6, 6.07) is 7.84. The van der Waals surface area contributed by atoms with Crippen molar-refractivity contribution < 1.29 is 4.74 Å². The van der Waals surface area contributed by atoms with E-state index in [0.29, 0.717) is 11.6 Å². The van der Waals surface area contributed by atoms with E-state index in [4.69, 9.17) is 10.5 Å². The molecule has 0 fully saturated rings. The van der Waals surface area contributed by atoms with Crippen LogP contribution in [-0.2, 0) is 12.8 Å². The first-order valence-electron chi connectivity index (χ1n) is 6.37. The van der Waals surface area contributed by atoms with E-state index in [1.165, 1.54) is 0 Å². The Morgan fingerprint density at radius 3 is 2.90 bits per heavy atom. The normalized spacial score (nSPS) is 11.0. The summed E-state index contributed by atoms with van der Waals surface area (Å²) in [4.78, 5) is 4.45. The molecule has 0 saturated heterocycles. The van der Waals surface area contributed by atoms with Crippen LogP contribution >= 0.6 is 11.8 Å². The van der Waals surface area contributed by atoms with Gasteiger partial charge in [0.05, 0.1) is 12.6 Å². The number of aromatic nitrogens is 4. The molecule has 0 aliphatic heterocycles. The summed E-state index contributed by atoms with van der Waals surface area (Å²) in [6.07, 6.45) is 1.68. The summed E-state index contributed by atoms with van der Waals surface area (Å²) in [6.45, 7) is 0. The molecule has 7 heteroatoms. The molecule has 0 saturated carbocycles. The zero-order chi connectivity index (χ0) is 14.8. The van der Waals surface area contributed by atoms with Gasteiger partial charge >= 0.3 is 0 Å². The fourth-order valence-corrected chi connectivity index (χ4v) is 2.87. The van der Waals surface area contributed by atoms with Crippen LogP contribution < -0.4 is 10.5 Å². The van der Waals surface area contributed by atoms with Crippen molar-refractivity contribution >= 4 is 28.5 Å². The summed E-state index contributed by atoms with van der Waals surface area (Å²) in [5, 5.41) is 9.79. The van der Waals surface area contributed by atoms with Crippen molar-refractivity contribution in [2.45, 2.75) is 10.9 Å². The van der Waals surface area contributed by atoms with E-state index in [1.807, 2.05) is 29.8 Å². The maximum Gasteiger partial charge on any atom is 0.191 e. The molecular weight excluding hydrogens is 286 g/mol. The van der Waals surface area contributed by atoms with Crippen LogP contribution in [0.2, 0.25) is 0 Å². The maximum absolute atomic E-state index is 6.05. The van der Waals surface area contributed by atoms with Crippen LogP contribution in [0, 0.1) is 0 Å². The van der Waals surface area contributed by atoms with Gasteiger partial charge in [0.2, 0.25) is 0 Å². The first-order valence-corrected chi connectivity index (χ1v) is 7.36. The molecule has 0 spiro atoms. The first-order chi connectivity index (χ1) is 10.2. The van der Waals surface area contributed by atoms with Gasteiger partial charge in [-0.2, -0.15) is 0 Å². The number of anilines is 1. The minimum Gasteiger partial charge on any atom is -0.497 e. The first kappa shape index (κ1) is 13.7. The van der Waals surface area contributed by atoms with Crippen LogP contribution in [0.25, 0.3) is 10.9 Å². The largest absolute Gasteiger partial charge is 0.497 e. The average Bonchev–Trinajstić information content (AvgIpc) is 2.90. The zero-order valence-electron chi connectivity index (χ0n) is 11.8. The molecule has 1 aromatic carbocycles. The Morgan fingerprint density at radius 2 is 2.19 bits per heavy atom. The second-order valence-corrected chi connectivity index (χ2v) is 5.55. The minimum atomic E-state index is 0.533. The van der Waals surface area contributed by atoms with Crippen LogP contribution in [0.1, 0.15) is 5.56 Å². The van der Waals surface area contributed by atoms with Crippen LogP contribution in [-0.4, -0.2) is 26.9 Å². The molecule has 0 bridgehead atoms. The zero-order valence-corrected chi connectivity index (χ0v) is 12.6. The van der Waals surface area contributed by atoms with Gasteiger partial charge in [-0.3, -0.25) is 0 Å². The highest BCUT2D eigenvalue weighted by Gasteiger charge is 2.08. The van der Waals surface area contributed by atoms with Crippen molar-refractivity contribution in [1.82, 2.24) is 19.7 Å². The van der Waals surface area contributed by atoms with Crippen molar-refractivity contribution in [3.8, 4) is 5.75 Å². The lowest BCUT2D eigenvalue weighted by Crippen LogP contribution is -1.98. The molecule has 0 amide bonds. The van der Waals surface area contributed by atoms with E-state index in [9.17, 15) is 0 Å². The number of aryl methyl sites for hydroxylation is 1. The number of hydrogen-bond acceptors (Lipinski definition) is 6. The van der Waals surface area contributed by atoms with Crippen molar-refractivity contribution in [3.63, 3.8) is 0 Å². The Balaban J connectivity index is 1.88. The Bertz CT molecular complexity index is 786. The lowest BCUT2D eigenvalue weighted by molar-refractivity contribution is 0.415. The van der Waals surface area contributed by atoms with Gasteiger partial charge in [0.25, 0.3) is 0 Å². The summed E-state index contributed by atoms with van der Waals surface area (Å²) < 4.78 is 7.07. The van der Waals surface area contributed by atoms with Gasteiger partial charge in [-0.05, 0) is 18.2 Å². The number of ether oxygens (including phenoxy) is 1. The highest BCUT2D eigenvalue weighted by atomic mass is 32.2. The molecule has 21 heavy (non-hydrogen) atoms. The second-order valence-electron chi connectivity index (χ2n) is 4.60. The van der Waals surface area contributed by atoms with Gasteiger partial charge in [0.15, 0.2) is 5.16 Å². The number of methoxy groups -OCH3 is 1. The standard InChI is InChI=1S/C14H15N5OS/c1-19-8-16-18-14(19)21-7-10-5-9-3-4-11(20-2)6-12(9)17-13(10)15/h3-6,8H,7H2,1-2H3,(H2,15,17). The molecular formula is C14H15N5OS. The molecule has 2 heterocycles. The molecule has 0 aliphatic carbocycles. The van der Waals surface area contributed by atoms with E-state index in [0.717, 1.165) is 27.4 Å². The van der Waals surface area contributed by atoms with Crippen LogP contribution in [0.5, 0.6) is 5.75 Å². The highest BCUT2D eigenvalue weighted by molar-refractivity contribution is 7.98. The molecule has 0 radical (unpaired) electrons. The van der Waals surface area contributed by atoms with E-state index in [-0.39, 0.29) is 0 Å². The fourth-order valence-electron chi connectivity index (χ4n) is 1.99. The number of benzene rings is 1. The van der Waals surface area contributed by atoms with Crippen molar-refractivity contribution in [3.05, 3.63) is 36.2 Å². The van der Waals surface area contributed by atoms with Gasteiger partial charge in [0, 0.05) is 29.8 Å². The number of rotatable bonds is 4. The Labute approximate surface area is 126 Å². The third-order valence-electron chi connectivity index (χ3n) is 3.16. The number of nitrogens with two attached hydrogens (primary N) is 1. The molecule has 3 rings (SSSR count). The van der Waals surface area contributed by atoms with Crippen molar-refractivity contribution in [2.75, 3.05) is 12.8 Å². The minimum absolute atomic E-state index is 0.533. The van der Waals surface area contributed by atoms with Gasteiger partial charge < -0.3 is 15.0 Å². The topological polar surface area (TPSA) is 78.9 Å². The number of thioether (sulfide) groups is 1. The number of hydrogen-bond donors (Lipinski definition) is 1. The Morgan fingerprint density at radius 1 is 1.33 bits per heavy atom. The predicted molar refractivity (Wildman–Crippen MR) is 83.3 cm³/mol. The molecule has 2 N–H and O–H groups in total. The van der Waals surface area contributed by atoms with E-state index in [1.54, 1.807) is 25.2 Å². The third kappa shape index (κ3) is 2.78. The summed E-state index contributed by atoms with van der Waals surface area (Å²) in [7, 11) is 3.55. The van der Waals surface area contributed by atoms with Crippen LogP contribution in [0.3, 0.4) is 0 Å². The number of nitrogens with zero attached hydrogens (tertiary/aromatic N) is 4. The summed E-state index contributed by atoms with van der Waals surface area (Å²) >= 11 is 1.58.